The normalized spacial score (nSPS) is 31.9. The molecule has 1 saturated carbocycles. The van der Waals surface area contributed by atoms with Gasteiger partial charge in [-0.05, 0) is 51.3 Å². The number of nitrogens with one attached hydrogen (secondary N) is 4. The van der Waals surface area contributed by atoms with Gasteiger partial charge in [0.25, 0.3) is 5.91 Å². The third kappa shape index (κ3) is 8.39. The molecular formula is C37H49N5O8S. The Balaban J connectivity index is 1.20. The number of rotatable bonds is 14. The van der Waals surface area contributed by atoms with E-state index in [1.165, 1.54) is 5.06 Å². The molecule has 13 nitrogen and oxygen atoms in total. The number of carbonyl (C=O) groups is 4. The number of nitrogens with zero attached hydrogens (tertiary/aromatic N) is 1. The van der Waals surface area contributed by atoms with E-state index < -0.39 is 53.7 Å². The van der Waals surface area contributed by atoms with Crippen molar-refractivity contribution in [2.24, 2.45) is 11.3 Å². The fourth-order valence-corrected chi connectivity index (χ4v) is 9.08. The first kappa shape index (κ1) is 37.2. The number of epoxide rings is 1. The maximum Gasteiger partial charge on any atom is 0.315 e. The summed E-state index contributed by atoms with van der Waals surface area (Å²) in [4.78, 5) is 59.7. The topological polar surface area (TPSA) is 171 Å². The Morgan fingerprint density at radius 2 is 1.98 bits per heavy atom. The number of ether oxygens (including phenoxy) is 2. The molecule has 0 aromatic heterocycles. The molecule has 1 aliphatic carbocycles. The summed E-state index contributed by atoms with van der Waals surface area (Å²) in [5.74, 6) is 5.04. The molecule has 0 spiro atoms. The minimum Gasteiger partial charge on any atom is -0.459 e. The molecule has 4 saturated heterocycles. The summed E-state index contributed by atoms with van der Waals surface area (Å²) < 4.78 is 12.1. The molecule has 0 bridgehead atoms. The van der Waals surface area contributed by atoms with E-state index in [4.69, 9.17) is 14.3 Å². The van der Waals surface area contributed by atoms with E-state index in [1.807, 2.05) is 56.8 Å². The van der Waals surface area contributed by atoms with E-state index in [9.17, 15) is 24.3 Å². The molecule has 5 N–H and O–H groups in total. The van der Waals surface area contributed by atoms with Crippen molar-refractivity contribution in [1.82, 2.24) is 26.3 Å². The molecular weight excluding hydrogens is 675 g/mol. The Hall–Kier alpha value is -3.61. The smallest absolute Gasteiger partial charge is 0.315 e. The number of hydrogen-bond donors (Lipinski definition) is 5. The van der Waals surface area contributed by atoms with Crippen molar-refractivity contribution in [1.29, 1.82) is 0 Å². The Labute approximate surface area is 303 Å². The van der Waals surface area contributed by atoms with E-state index in [1.54, 1.807) is 6.08 Å². The van der Waals surface area contributed by atoms with Gasteiger partial charge in [0.15, 0.2) is 5.60 Å². The molecule has 1 aromatic carbocycles. The van der Waals surface area contributed by atoms with Crippen LogP contribution in [-0.4, -0.2) is 107 Å². The number of hydroxylamine groups is 2. The molecule has 1 aromatic rings. The highest BCUT2D eigenvalue weighted by atomic mass is 32.2. The van der Waals surface area contributed by atoms with Gasteiger partial charge in [0.1, 0.15) is 18.2 Å². The van der Waals surface area contributed by atoms with Gasteiger partial charge in [-0.3, -0.25) is 19.2 Å². The fraction of sp³-hybridized carbons (Fsp3) is 0.622. The summed E-state index contributed by atoms with van der Waals surface area (Å²) in [5, 5.41) is 22.9. The van der Waals surface area contributed by atoms with Gasteiger partial charge in [-0.1, -0.05) is 36.5 Å². The highest BCUT2D eigenvalue weighted by molar-refractivity contribution is 8.00. The molecule has 14 heteroatoms. The minimum absolute atomic E-state index is 0.0128. The molecule has 9 atom stereocenters. The van der Waals surface area contributed by atoms with Crippen molar-refractivity contribution in [2.75, 3.05) is 25.4 Å². The lowest BCUT2D eigenvalue weighted by Gasteiger charge is -2.38. The average molecular weight is 724 g/mol. The molecule has 4 heterocycles. The van der Waals surface area contributed by atoms with Crippen LogP contribution in [0.25, 0.3) is 0 Å². The number of aliphatic hydroxyl groups excluding tert-OH is 1. The van der Waals surface area contributed by atoms with E-state index in [2.05, 4.69) is 39.7 Å². The van der Waals surface area contributed by atoms with Gasteiger partial charge in [-0.25, -0.2) is 4.79 Å². The minimum atomic E-state index is -1.60. The van der Waals surface area contributed by atoms with Crippen LogP contribution in [0, 0.1) is 23.2 Å². The second-order valence-corrected chi connectivity index (χ2v) is 16.2. The van der Waals surface area contributed by atoms with Crippen LogP contribution in [0.1, 0.15) is 64.0 Å². The van der Waals surface area contributed by atoms with Crippen LogP contribution in [0.3, 0.4) is 0 Å². The lowest BCUT2D eigenvalue weighted by Crippen LogP contribution is -2.62. The summed E-state index contributed by atoms with van der Waals surface area (Å²) >= 11 is 1.83. The van der Waals surface area contributed by atoms with Crippen LogP contribution in [0.5, 0.6) is 0 Å². The highest BCUT2D eigenvalue weighted by Gasteiger charge is 2.73. The number of esters is 1. The zero-order chi connectivity index (χ0) is 36.3. The van der Waals surface area contributed by atoms with Crippen molar-refractivity contribution in [3.63, 3.8) is 0 Å². The molecule has 5 fully saturated rings. The number of aliphatic hydroxyl groups is 1. The predicted octanol–water partition coefficient (Wildman–Crippen LogP) is 1.77. The summed E-state index contributed by atoms with van der Waals surface area (Å²) in [6, 6.07) is 6.73. The number of benzene rings is 1. The van der Waals surface area contributed by atoms with Crippen LogP contribution in [0.15, 0.2) is 36.9 Å². The van der Waals surface area contributed by atoms with Gasteiger partial charge < -0.3 is 35.8 Å². The SMILES string of the molecule is C=CCNC(=O)[C@@H]1[C@@H]2[C@H](OC(=O)CCCC[C@@H]3SC[C@@H]4NC(=O)N[C@@H]43)[C@H]3O[C@H]3C[C@]2(C(=O)NCCO)ON1Cc1ccc(C#CC(C)(C)C)cc1. The van der Waals surface area contributed by atoms with Crippen molar-refractivity contribution in [2.45, 2.75) is 107 Å². The standard InChI is InChI=1S/C37H49N5O8S/c1-5-16-38-33(45)30-28-32(49-27(44)9-7-6-8-26-29-24(21-51-26)40-35(47)41-29)31-25(48-31)19-37(28,34(46)39-17-18-43)50-42(30)20-23-12-10-22(11-13-23)14-15-36(2,3)4/h5,10-13,24-26,28-32,43H,1,6-9,16-21H2,2-4H3,(H,38,45)(H,39,46)(H2,40,41,47)/t24-,25-,26-,28+,29-,30-,31-,32-,37-/m0/s1. The van der Waals surface area contributed by atoms with Crippen LogP contribution in [0.4, 0.5) is 4.79 Å². The number of fused-ring (bicyclic) bond motifs is 3. The van der Waals surface area contributed by atoms with Crippen molar-refractivity contribution >= 4 is 35.6 Å². The molecule has 5 aliphatic rings. The Morgan fingerprint density at radius 3 is 2.71 bits per heavy atom. The highest BCUT2D eigenvalue weighted by Crippen LogP contribution is 2.54. The number of unbranched alkanes of at least 4 members (excludes halogenated alkanes) is 1. The monoisotopic (exact) mass is 723 g/mol. The Bertz CT molecular complexity index is 1560. The fourth-order valence-electron chi connectivity index (χ4n) is 7.54. The molecule has 276 valence electrons. The summed E-state index contributed by atoms with van der Waals surface area (Å²) in [5.41, 5.74) is -0.0620. The largest absolute Gasteiger partial charge is 0.459 e. The zero-order valence-corrected chi connectivity index (χ0v) is 30.3. The molecule has 4 amide bonds. The molecule has 0 unspecified atom stereocenters. The number of urea groups is 1. The second-order valence-electron chi connectivity index (χ2n) is 14.9. The maximum atomic E-state index is 14.0. The van der Waals surface area contributed by atoms with Crippen LogP contribution in [-0.2, 0) is 35.2 Å². The lowest BCUT2D eigenvalue weighted by atomic mass is 9.70. The van der Waals surface area contributed by atoms with E-state index in [0.29, 0.717) is 6.42 Å². The first-order valence-corrected chi connectivity index (χ1v) is 18.9. The average Bonchev–Trinajstić information content (AvgIpc) is 3.45. The van der Waals surface area contributed by atoms with Crippen molar-refractivity contribution in [3.05, 3.63) is 48.0 Å². The van der Waals surface area contributed by atoms with Crippen LogP contribution < -0.4 is 21.3 Å². The number of amides is 4. The van der Waals surface area contributed by atoms with Gasteiger partial charge in [-0.15, -0.1) is 6.58 Å². The first-order chi connectivity index (χ1) is 24.4. The molecule has 4 aliphatic heterocycles. The van der Waals surface area contributed by atoms with Gasteiger partial charge in [0.05, 0.1) is 37.3 Å². The summed E-state index contributed by atoms with van der Waals surface area (Å²) in [6.07, 6.45) is 2.28. The van der Waals surface area contributed by atoms with Crippen molar-refractivity contribution in [3.8, 4) is 11.8 Å². The number of thioether (sulfide) groups is 1. The van der Waals surface area contributed by atoms with Gasteiger partial charge in [0.2, 0.25) is 5.91 Å². The van der Waals surface area contributed by atoms with Crippen molar-refractivity contribution < 1.29 is 38.6 Å². The Kier molecular flexibility index (Phi) is 11.3. The Morgan fingerprint density at radius 1 is 1.20 bits per heavy atom. The van der Waals surface area contributed by atoms with E-state index in [0.717, 1.165) is 29.7 Å². The van der Waals surface area contributed by atoms with Gasteiger partial charge >= 0.3 is 12.0 Å². The predicted molar refractivity (Wildman–Crippen MR) is 190 cm³/mol. The van der Waals surface area contributed by atoms with Gasteiger partial charge in [0, 0.05) is 47.9 Å². The third-order valence-corrected chi connectivity index (χ3v) is 11.5. The van der Waals surface area contributed by atoms with Gasteiger partial charge in [-0.2, -0.15) is 16.8 Å². The third-order valence-electron chi connectivity index (χ3n) is 9.94. The second kappa shape index (κ2) is 15.6. The first-order valence-electron chi connectivity index (χ1n) is 17.8. The zero-order valence-electron chi connectivity index (χ0n) is 29.4. The number of hydrogen-bond acceptors (Lipinski definition) is 10. The molecule has 0 radical (unpaired) electrons. The molecule has 51 heavy (non-hydrogen) atoms. The molecule has 6 rings (SSSR count). The van der Waals surface area contributed by atoms with E-state index in [-0.39, 0.29) is 67.9 Å². The van der Waals surface area contributed by atoms with Crippen LogP contribution in [0.2, 0.25) is 0 Å². The summed E-state index contributed by atoms with van der Waals surface area (Å²) in [7, 11) is 0. The van der Waals surface area contributed by atoms with E-state index >= 15 is 0 Å². The summed E-state index contributed by atoms with van der Waals surface area (Å²) in [6.45, 7) is 9.92. The van der Waals surface area contributed by atoms with Crippen LogP contribution >= 0.6 is 11.8 Å². The maximum absolute atomic E-state index is 14.0. The lowest BCUT2D eigenvalue weighted by molar-refractivity contribution is -0.220. The number of carbonyl (C=O) groups excluding carboxylic acids is 4. The quantitative estimate of drug-likeness (QED) is 0.0476.